The standard InChI is InChI=1S/C10H18N2O5/c1-7(2)12(6-9(15)17-3)10(16)11-5-4-8(13)14/h7H,4-6H2,1-3H3,(H,11,16)(H,13,14). The molecule has 0 rings (SSSR count). The predicted molar refractivity (Wildman–Crippen MR) is 59.5 cm³/mol. The molecule has 0 aromatic heterocycles. The largest absolute Gasteiger partial charge is 0.481 e. The van der Waals surface area contributed by atoms with Crippen molar-refractivity contribution in [1.82, 2.24) is 10.2 Å². The van der Waals surface area contributed by atoms with E-state index in [4.69, 9.17) is 5.11 Å². The predicted octanol–water partition coefficient (Wildman–Crippen LogP) is 0.0541. The first-order chi connectivity index (χ1) is 7.88. The number of carboxylic acids is 1. The number of esters is 1. The Morgan fingerprint density at radius 3 is 2.35 bits per heavy atom. The van der Waals surface area contributed by atoms with E-state index in [-0.39, 0.29) is 25.6 Å². The van der Waals surface area contributed by atoms with Crippen LogP contribution in [-0.4, -0.2) is 54.2 Å². The summed E-state index contributed by atoms with van der Waals surface area (Å²) in [7, 11) is 1.24. The van der Waals surface area contributed by atoms with Crippen molar-refractivity contribution in [2.45, 2.75) is 26.3 Å². The van der Waals surface area contributed by atoms with Gasteiger partial charge in [-0.25, -0.2) is 4.79 Å². The molecular weight excluding hydrogens is 228 g/mol. The van der Waals surface area contributed by atoms with Crippen LogP contribution in [0, 0.1) is 0 Å². The summed E-state index contributed by atoms with van der Waals surface area (Å²) in [6.07, 6.45) is -0.157. The van der Waals surface area contributed by atoms with Crippen molar-refractivity contribution >= 4 is 18.0 Å². The molecule has 0 aliphatic heterocycles. The summed E-state index contributed by atoms with van der Waals surface area (Å²) < 4.78 is 4.47. The highest BCUT2D eigenvalue weighted by molar-refractivity contribution is 5.81. The maximum absolute atomic E-state index is 11.6. The molecule has 0 atom stereocenters. The number of hydrogen-bond acceptors (Lipinski definition) is 4. The molecule has 0 unspecified atom stereocenters. The number of methoxy groups -OCH3 is 1. The van der Waals surface area contributed by atoms with Crippen molar-refractivity contribution in [3.63, 3.8) is 0 Å². The van der Waals surface area contributed by atoms with Crippen LogP contribution in [0.15, 0.2) is 0 Å². The van der Waals surface area contributed by atoms with E-state index in [2.05, 4.69) is 10.1 Å². The van der Waals surface area contributed by atoms with E-state index in [1.54, 1.807) is 13.8 Å². The molecule has 0 saturated heterocycles. The number of aliphatic carboxylic acids is 1. The van der Waals surface area contributed by atoms with E-state index in [0.717, 1.165) is 0 Å². The van der Waals surface area contributed by atoms with Gasteiger partial charge in [0.15, 0.2) is 0 Å². The zero-order valence-electron chi connectivity index (χ0n) is 10.2. The van der Waals surface area contributed by atoms with Gasteiger partial charge in [0.2, 0.25) is 0 Å². The highest BCUT2D eigenvalue weighted by Gasteiger charge is 2.20. The minimum absolute atomic E-state index is 0.0263. The van der Waals surface area contributed by atoms with Crippen molar-refractivity contribution in [1.29, 1.82) is 0 Å². The third-order valence-electron chi connectivity index (χ3n) is 2.03. The average Bonchev–Trinajstić information content (AvgIpc) is 2.24. The van der Waals surface area contributed by atoms with Gasteiger partial charge in [-0.15, -0.1) is 0 Å². The number of rotatable bonds is 6. The fourth-order valence-corrected chi connectivity index (χ4v) is 1.07. The molecule has 0 radical (unpaired) electrons. The Hall–Kier alpha value is -1.79. The minimum Gasteiger partial charge on any atom is -0.481 e. The Labute approximate surface area is 99.7 Å². The van der Waals surface area contributed by atoms with E-state index >= 15 is 0 Å². The molecular formula is C10H18N2O5. The van der Waals surface area contributed by atoms with Gasteiger partial charge in [0, 0.05) is 12.6 Å². The summed E-state index contributed by atoms with van der Waals surface area (Å²) in [5.74, 6) is -1.51. The number of carboxylic acid groups (broad SMARTS) is 1. The third kappa shape index (κ3) is 6.39. The lowest BCUT2D eigenvalue weighted by molar-refractivity contribution is -0.141. The lowest BCUT2D eigenvalue weighted by atomic mass is 10.3. The number of carbonyl (C=O) groups is 3. The zero-order valence-corrected chi connectivity index (χ0v) is 10.2. The van der Waals surface area contributed by atoms with E-state index in [1.165, 1.54) is 12.0 Å². The summed E-state index contributed by atoms with van der Waals surface area (Å²) in [5.41, 5.74) is 0. The second-order valence-corrected chi connectivity index (χ2v) is 3.67. The highest BCUT2D eigenvalue weighted by Crippen LogP contribution is 1.99. The number of urea groups is 1. The van der Waals surface area contributed by atoms with Crippen LogP contribution in [0.3, 0.4) is 0 Å². The van der Waals surface area contributed by atoms with Gasteiger partial charge in [0.25, 0.3) is 0 Å². The average molecular weight is 246 g/mol. The van der Waals surface area contributed by atoms with Gasteiger partial charge in [0.05, 0.1) is 13.5 Å². The van der Waals surface area contributed by atoms with Crippen molar-refractivity contribution in [3.05, 3.63) is 0 Å². The normalized spacial score (nSPS) is 9.88. The summed E-state index contributed by atoms with van der Waals surface area (Å²) in [6, 6.07) is -0.662. The Balaban J connectivity index is 4.25. The van der Waals surface area contributed by atoms with Gasteiger partial charge in [-0.1, -0.05) is 0 Å². The molecule has 0 bridgehead atoms. The molecule has 98 valence electrons. The van der Waals surface area contributed by atoms with Crippen LogP contribution < -0.4 is 5.32 Å². The molecule has 7 nitrogen and oxygen atoms in total. The second-order valence-electron chi connectivity index (χ2n) is 3.67. The van der Waals surface area contributed by atoms with Gasteiger partial charge in [-0.05, 0) is 13.8 Å². The number of ether oxygens (including phenoxy) is 1. The SMILES string of the molecule is COC(=O)CN(C(=O)NCCC(=O)O)C(C)C. The summed E-state index contributed by atoms with van der Waals surface area (Å²) in [5, 5.41) is 10.8. The van der Waals surface area contributed by atoms with E-state index in [0.29, 0.717) is 0 Å². The van der Waals surface area contributed by atoms with Gasteiger partial charge >= 0.3 is 18.0 Å². The molecule has 0 aromatic rings. The molecule has 7 heteroatoms. The molecule has 17 heavy (non-hydrogen) atoms. The van der Waals surface area contributed by atoms with Crippen LogP contribution in [0.2, 0.25) is 0 Å². The molecule has 0 aliphatic carbocycles. The Morgan fingerprint density at radius 2 is 1.94 bits per heavy atom. The van der Waals surface area contributed by atoms with Crippen molar-refractivity contribution in [2.24, 2.45) is 0 Å². The Morgan fingerprint density at radius 1 is 1.35 bits per heavy atom. The molecule has 0 aliphatic rings. The molecule has 0 saturated carbocycles. The number of carbonyl (C=O) groups excluding carboxylic acids is 2. The lowest BCUT2D eigenvalue weighted by Crippen LogP contribution is -2.47. The fourth-order valence-electron chi connectivity index (χ4n) is 1.07. The topological polar surface area (TPSA) is 95.9 Å². The van der Waals surface area contributed by atoms with Crippen molar-refractivity contribution in [2.75, 3.05) is 20.2 Å². The summed E-state index contributed by atoms with van der Waals surface area (Å²) >= 11 is 0. The number of amides is 2. The minimum atomic E-state index is -0.991. The van der Waals surface area contributed by atoms with E-state index < -0.39 is 18.0 Å². The first kappa shape index (κ1) is 15.2. The van der Waals surface area contributed by atoms with E-state index in [1.807, 2.05) is 0 Å². The van der Waals surface area contributed by atoms with Crippen LogP contribution >= 0.6 is 0 Å². The van der Waals surface area contributed by atoms with Crippen molar-refractivity contribution in [3.8, 4) is 0 Å². The van der Waals surface area contributed by atoms with Crippen LogP contribution in [0.5, 0.6) is 0 Å². The molecule has 0 spiro atoms. The number of nitrogens with zero attached hydrogens (tertiary/aromatic N) is 1. The fraction of sp³-hybridized carbons (Fsp3) is 0.700. The Bertz CT molecular complexity index is 290. The molecule has 0 aromatic carbocycles. The van der Waals surface area contributed by atoms with Gasteiger partial charge in [0.1, 0.15) is 6.54 Å². The maximum atomic E-state index is 11.6. The first-order valence-electron chi connectivity index (χ1n) is 5.21. The zero-order chi connectivity index (χ0) is 13.4. The van der Waals surface area contributed by atoms with Gasteiger partial charge < -0.3 is 20.1 Å². The van der Waals surface area contributed by atoms with Crippen LogP contribution in [0.1, 0.15) is 20.3 Å². The molecule has 2 N–H and O–H groups in total. The third-order valence-corrected chi connectivity index (χ3v) is 2.03. The molecule has 0 heterocycles. The smallest absolute Gasteiger partial charge is 0.325 e. The number of hydrogen-bond donors (Lipinski definition) is 2. The van der Waals surface area contributed by atoms with Crippen LogP contribution in [0.25, 0.3) is 0 Å². The van der Waals surface area contributed by atoms with Crippen LogP contribution in [0.4, 0.5) is 4.79 Å². The first-order valence-corrected chi connectivity index (χ1v) is 5.21. The highest BCUT2D eigenvalue weighted by atomic mass is 16.5. The van der Waals surface area contributed by atoms with Gasteiger partial charge in [-0.2, -0.15) is 0 Å². The molecule has 2 amide bonds. The quantitative estimate of drug-likeness (QED) is 0.646. The monoisotopic (exact) mass is 246 g/mol. The van der Waals surface area contributed by atoms with E-state index in [9.17, 15) is 14.4 Å². The molecule has 0 fully saturated rings. The van der Waals surface area contributed by atoms with Crippen LogP contribution in [-0.2, 0) is 14.3 Å². The second kappa shape index (κ2) is 7.48. The van der Waals surface area contributed by atoms with Gasteiger partial charge in [-0.3, -0.25) is 9.59 Å². The summed E-state index contributed by atoms with van der Waals surface area (Å²) in [6.45, 7) is 3.37. The maximum Gasteiger partial charge on any atom is 0.325 e. The Kier molecular flexibility index (Phi) is 6.69. The summed E-state index contributed by atoms with van der Waals surface area (Å²) in [4.78, 5) is 34.2. The number of nitrogens with one attached hydrogen (secondary N) is 1. The lowest BCUT2D eigenvalue weighted by Gasteiger charge is -2.25. The van der Waals surface area contributed by atoms with Crippen molar-refractivity contribution < 1.29 is 24.2 Å².